The van der Waals surface area contributed by atoms with E-state index in [2.05, 4.69) is 4.98 Å². The van der Waals surface area contributed by atoms with Crippen LogP contribution < -0.4 is 10.3 Å². The zero-order valence-electron chi connectivity index (χ0n) is 10.7. The van der Waals surface area contributed by atoms with Crippen LogP contribution in [-0.2, 0) is 6.42 Å². The Labute approximate surface area is 115 Å². The van der Waals surface area contributed by atoms with Crippen molar-refractivity contribution in [2.24, 2.45) is 0 Å². The molecule has 0 N–H and O–H groups in total. The number of fused-ring (bicyclic) bond motifs is 4. The molecule has 2 heterocycles. The molecule has 1 aliphatic rings. The van der Waals surface area contributed by atoms with Gasteiger partial charge in [0, 0.05) is 6.42 Å². The van der Waals surface area contributed by atoms with Crippen LogP contribution >= 0.6 is 0 Å². The molecule has 4 nitrogen and oxygen atoms in total. The quantitative estimate of drug-likeness (QED) is 0.626. The highest BCUT2D eigenvalue weighted by molar-refractivity contribution is 5.78. The molecule has 0 amide bonds. The Morgan fingerprint density at radius 1 is 1.05 bits per heavy atom. The molecule has 2 aromatic carbocycles. The molecule has 0 unspecified atom stereocenters. The van der Waals surface area contributed by atoms with E-state index in [0.29, 0.717) is 18.4 Å². The van der Waals surface area contributed by atoms with Gasteiger partial charge in [-0.3, -0.25) is 9.36 Å². The Hall–Kier alpha value is -2.62. The number of rotatable bonds is 0. The molecule has 1 aliphatic heterocycles. The first kappa shape index (κ1) is 11.2. The van der Waals surface area contributed by atoms with Crippen LogP contribution in [0.2, 0.25) is 0 Å². The summed E-state index contributed by atoms with van der Waals surface area (Å²) in [5, 5.41) is 0.632. The van der Waals surface area contributed by atoms with Gasteiger partial charge < -0.3 is 4.74 Å². The molecule has 4 heteroatoms. The van der Waals surface area contributed by atoms with Crippen molar-refractivity contribution in [1.29, 1.82) is 0 Å². The summed E-state index contributed by atoms with van der Waals surface area (Å²) >= 11 is 0. The SMILES string of the molecule is O=c1c2ccccc2nc2n1-c1ccccc1OCC2. The van der Waals surface area contributed by atoms with Gasteiger partial charge in [-0.2, -0.15) is 0 Å². The van der Waals surface area contributed by atoms with Gasteiger partial charge in [-0.25, -0.2) is 4.98 Å². The van der Waals surface area contributed by atoms with Crippen molar-refractivity contribution in [3.05, 3.63) is 64.7 Å². The lowest BCUT2D eigenvalue weighted by molar-refractivity contribution is 0.325. The summed E-state index contributed by atoms with van der Waals surface area (Å²) < 4.78 is 7.38. The standard InChI is InChI=1S/C16H12N2O2/c19-16-11-5-1-2-6-12(11)17-15-9-10-20-14-8-4-3-7-13(14)18(15)16/h1-8H,9-10H2. The van der Waals surface area contributed by atoms with Crippen LogP contribution in [0.1, 0.15) is 5.82 Å². The van der Waals surface area contributed by atoms with Gasteiger partial charge in [0.1, 0.15) is 11.6 Å². The van der Waals surface area contributed by atoms with Crippen molar-refractivity contribution < 1.29 is 4.74 Å². The van der Waals surface area contributed by atoms with E-state index in [9.17, 15) is 4.79 Å². The summed E-state index contributed by atoms with van der Waals surface area (Å²) in [7, 11) is 0. The summed E-state index contributed by atoms with van der Waals surface area (Å²) in [6.45, 7) is 0.530. The van der Waals surface area contributed by atoms with E-state index in [0.717, 1.165) is 22.8 Å². The minimum atomic E-state index is -0.0384. The van der Waals surface area contributed by atoms with E-state index >= 15 is 0 Å². The highest BCUT2D eigenvalue weighted by Gasteiger charge is 2.18. The summed E-state index contributed by atoms with van der Waals surface area (Å²) in [6.07, 6.45) is 0.620. The van der Waals surface area contributed by atoms with Crippen molar-refractivity contribution in [1.82, 2.24) is 9.55 Å². The van der Waals surface area contributed by atoms with Gasteiger partial charge in [0.05, 0.1) is 23.2 Å². The molecule has 0 fully saturated rings. The van der Waals surface area contributed by atoms with E-state index in [1.165, 1.54) is 0 Å². The smallest absolute Gasteiger partial charge is 0.266 e. The van der Waals surface area contributed by atoms with Gasteiger partial charge in [0.25, 0.3) is 5.56 Å². The molecule has 0 aliphatic carbocycles. The Balaban J connectivity index is 2.16. The molecule has 0 atom stereocenters. The zero-order valence-corrected chi connectivity index (χ0v) is 10.7. The van der Waals surface area contributed by atoms with Crippen molar-refractivity contribution in [3.63, 3.8) is 0 Å². The number of hydrogen-bond acceptors (Lipinski definition) is 3. The zero-order chi connectivity index (χ0) is 13.5. The summed E-state index contributed by atoms with van der Waals surface area (Å²) in [5.41, 5.74) is 1.47. The number of ether oxygens (including phenoxy) is 1. The Kier molecular flexibility index (Phi) is 2.36. The van der Waals surface area contributed by atoms with Gasteiger partial charge in [0.15, 0.2) is 0 Å². The van der Waals surface area contributed by atoms with Crippen LogP contribution in [0.4, 0.5) is 0 Å². The maximum Gasteiger partial charge on any atom is 0.266 e. The monoisotopic (exact) mass is 264 g/mol. The Bertz CT molecular complexity index is 868. The van der Waals surface area contributed by atoms with Crippen LogP contribution in [0.5, 0.6) is 5.75 Å². The Morgan fingerprint density at radius 2 is 1.85 bits per heavy atom. The molecule has 1 aromatic heterocycles. The maximum atomic E-state index is 12.8. The van der Waals surface area contributed by atoms with Crippen LogP contribution in [-0.4, -0.2) is 16.2 Å². The normalized spacial score (nSPS) is 13.2. The summed E-state index contributed by atoms with van der Waals surface area (Å²) in [5.74, 6) is 1.48. The van der Waals surface area contributed by atoms with Gasteiger partial charge in [-0.15, -0.1) is 0 Å². The fourth-order valence-electron chi connectivity index (χ4n) is 2.61. The molecule has 0 saturated heterocycles. The summed E-state index contributed by atoms with van der Waals surface area (Å²) in [4.78, 5) is 17.4. The van der Waals surface area contributed by atoms with Crippen molar-refractivity contribution in [2.75, 3.05) is 6.61 Å². The average Bonchev–Trinajstić information content (AvgIpc) is 2.67. The molecule has 4 rings (SSSR count). The third-order valence-electron chi connectivity index (χ3n) is 3.53. The van der Waals surface area contributed by atoms with Crippen LogP contribution in [0.15, 0.2) is 53.3 Å². The first-order valence-corrected chi connectivity index (χ1v) is 6.57. The number of aromatic nitrogens is 2. The van der Waals surface area contributed by atoms with Crippen molar-refractivity contribution >= 4 is 10.9 Å². The van der Waals surface area contributed by atoms with Crippen molar-refractivity contribution in [2.45, 2.75) is 6.42 Å². The lowest BCUT2D eigenvalue weighted by Crippen LogP contribution is -2.23. The van der Waals surface area contributed by atoms with E-state index in [-0.39, 0.29) is 5.56 Å². The van der Waals surface area contributed by atoms with Gasteiger partial charge in [0.2, 0.25) is 0 Å². The topological polar surface area (TPSA) is 44.1 Å². The van der Waals surface area contributed by atoms with Gasteiger partial charge in [-0.1, -0.05) is 24.3 Å². The lowest BCUT2D eigenvalue weighted by atomic mass is 10.2. The van der Waals surface area contributed by atoms with Crippen LogP contribution in [0.25, 0.3) is 16.6 Å². The minimum Gasteiger partial charge on any atom is -0.491 e. The maximum absolute atomic E-state index is 12.8. The fourth-order valence-corrected chi connectivity index (χ4v) is 2.61. The molecule has 0 saturated carbocycles. The molecule has 0 bridgehead atoms. The van der Waals surface area contributed by atoms with E-state index < -0.39 is 0 Å². The second kappa shape index (κ2) is 4.20. The van der Waals surface area contributed by atoms with Gasteiger partial charge in [-0.05, 0) is 24.3 Å². The van der Waals surface area contributed by atoms with Crippen molar-refractivity contribution in [3.8, 4) is 11.4 Å². The summed E-state index contributed by atoms with van der Waals surface area (Å²) in [6, 6.07) is 15.0. The molecule has 0 spiro atoms. The number of hydrogen-bond donors (Lipinski definition) is 0. The highest BCUT2D eigenvalue weighted by atomic mass is 16.5. The largest absolute Gasteiger partial charge is 0.491 e. The predicted octanol–water partition coefficient (Wildman–Crippen LogP) is 2.32. The third-order valence-corrected chi connectivity index (χ3v) is 3.53. The molecular weight excluding hydrogens is 252 g/mol. The number of nitrogens with zero attached hydrogens (tertiary/aromatic N) is 2. The molecule has 0 radical (unpaired) electrons. The average molecular weight is 264 g/mol. The first-order chi connectivity index (χ1) is 9.84. The van der Waals surface area contributed by atoms with Crippen LogP contribution in [0.3, 0.4) is 0 Å². The number of para-hydroxylation sites is 3. The lowest BCUT2D eigenvalue weighted by Gasteiger charge is -2.11. The molecule has 3 aromatic rings. The second-order valence-electron chi connectivity index (χ2n) is 4.75. The number of benzene rings is 2. The molecular formula is C16H12N2O2. The fraction of sp³-hybridized carbons (Fsp3) is 0.125. The molecule has 20 heavy (non-hydrogen) atoms. The minimum absolute atomic E-state index is 0.0384. The van der Waals surface area contributed by atoms with Crippen LogP contribution in [0, 0.1) is 0 Å². The first-order valence-electron chi connectivity index (χ1n) is 6.57. The molecule has 98 valence electrons. The van der Waals surface area contributed by atoms with E-state index in [1.807, 2.05) is 48.5 Å². The second-order valence-corrected chi connectivity index (χ2v) is 4.75. The predicted molar refractivity (Wildman–Crippen MR) is 76.5 cm³/mol. The van der Waals surface area contributed by atoms with E-state index in [1.54, 1.807) is 4.57 Å². The highest BCUT2D eigenvalue weighted by Crippen LogP contribution is 2.25. The van der Waals surface area contributed by atoms with Gasteiger partial charge >= 0.3 is 0 Å². The van der Waals surface area contributed by atoms with E-state index in [4.69, 9.17) is 4.74 Å². The Morgan fingerprint density at radius 3 is 2.80 bits per heavy atom. The third kappa shape index (κ3) is 1.54.